The number of hydrogen-bond acceptors (Lipinski definition) is 4. The number of likely N-dealkylation sites (tertiary alicyclic amines) is 1. The maximum Gasteiger partial charge on any atom is 0.253 e. The summed E-state index contributed by atoms with van der Waals surface area (Å²) in [4.78, 5) is 42.9. The summed E-state index contributed by atoms with van der Waals surface area (Å²) in [5, 5.41) is 3.02. The molecule has 0 unspecified atom stereocenters. The molecule has 1 N–H and O–H groups in total. The lowest BCUT2D eigenvalue weighted by atomic mass is 9.99. The van der Waals surface area contributed by atoms with Crippen LogP contribution in [0.5, 0.6) is 0 Å². The van der Waals surface area contributed by atoms with E-state index >= 15 is 0 Å². The van der Waals surface area contributed by atoms with Crippen molar-refractivity contribution in [1.82, 2.24) is 15.2 Å². The van der Waals surface area contributed by atoms with Crippen LogP contribution in [-0.4, -0.2) is 46.6 Å². The Labute approximate surface area is 184 Å². The number of benzene rings is 1. The van der Waals surface area contributed by atoms with Crippen LogP contribution in [0.4, 0.5) is 0 Å². The van der Waals surface area contributed by atoms with Gasteiger partial charge < -0.3 is 10.2 Å². The number of ketones is 1. The van der Waals surface area contributed by atoms with Crippen molar-refractivity contribution < 1.29 is 14.4 Å². The molecule has 1 saturated heterocycles. The summed E-state index contributed by atoms with van der Waals surface area (Å²) in [6.07, 6.45) is 6.03. The third kappa shape index (κ3) is 6.74. The lowest BCUT2D eigenvalue weighted by Crippen LogP contribution is -2.46. The van der Waals surface area contributed by atoms with Crippen molar-refractivity contribution in [3.05, 3.63) is 65.5 Å². The van der Waals surface area contributed by atoms with Crippen LogP contribution < -0.4 is 5.32 Å². The van der Waals surface area contributed by atoms with Gasteiger partial charge in [0.1, 0.15) is 0 Å². The van der Waals surface area contributed by atoms with Crippen LogP contribution in [0.3, 0.4) is 0 Å². The fourth-order valence-electron chi connectivity index (χ4n) is 3.87. The molecule has 2 heterocycles. The second-order valence-electron chi connectivity index (χ2n) is 8.59. The summed E-state index contributed by atoms with van der Waals surface area (Å²) in [7, 11) is 0. The Morgan fingerprint density at radius 2 is 1.61 bits per heavy atom. The molecular weight excluding hydrogens is 390 g/mol. The van der Waals surface area contributed by atoms with Crippen LogP contribution in [-0.2, 0) is 11.2 Å². The highest BCUT2D eigenvalue weighted by molar-refractivity contribution is 5.98. The van der Waals surface area contributed by atoms with Crippen molar-refractivity contribution in [2.24, 2.45) is 5.92 Å². The SMILES string of the molecule is CC(C)Cc1ccc(C(=O)CCC(=O)NC2CCN(C(=O)c3ccncc3)CC2)cc1. The van der Waals surface area contributed by atoms with E-state index < -0.39 is 0 Å². The molecule has 31 heavy (non-hydrogen) atoms. The summed E-state index contributed by atoms with van der Waals surface area (Å²) in [5.41, 5.74) is 2.51. The minimum absolute atomic E-state index is 0.00261. The summed E-state index contributed by atoms with van der Waals surface area (Å²) >= 11 is 0. The summed E-state index contributed by atoms with van der Waals surface area (Å²) in [6.45, 7) is 5.54. The van der Waals surface area contributed by atoms with Crippen molar-refractivity contribution in [1.29, 1.82) is 0 Å². The van der Waals surface area contributed by atoms with Gasteiger partial charge in [-0.15, -0.1) is 0 Å². The van der Waals surface area contributed by atoms with Crippen molar-refractivity contribution in [2.75, 3.05) is 13.1 Å². The van der Waals surface area contributed by atoms with Crippen molar-refractivity contribution in [2.45, 2.75) is 52.0 Å². The number of piperidine rings is 1. The highest BCUT2D eigenvalue weighted by atomic mass is 16.2. The fourth-order valence-corrected chi connectivity index (χ4v) is 3.87. The van der Waals surface area contributed by atoms with Gasteiger partial charge in [-0.2, -0.15) is 0 Å². The minimum atomic E-state index is -0.108. The molecule has 1 aliphatic rings. The molecule has 6 nitrogen and oxygen atoms in total. The van der Waals surface area contributed by atoms with Crippen LogP contribution >= 0.6 is 0 Å². The molecule has 2 aromatic rings. The lowest BCUT2D eigenvalue weighted by Gasteiger charge is -2.32. The maximum absolute atomic E-state index is 12.5. The zero-order chi connectivity index (χ0) is 22.2. The second-order valence-corrected chi connectivity index (χ2v) is 8.59. The van der Waals surface area contributed by atoms with Gasteiger partial charge in [-0.1, -0.05) is 38.1 Å². The Bertz CT molecular complexity index is 886. The van der Waals surface area contributed by atoms with Gasteiger partial charge in [0, 0.05) is 55.5 Å². The largest absolute Gasteiger partial charge is 0.353 e. The van der Waals surface area contributed by atoms with Gasteiger partial charge in [0.25, 0.3) is 5.91 Å². The second kappa shape index (κ2) is 10.8. The van der Waals surface area contributed by atoms with E-state index in [1.807, 2.05) is 29.2 Å². The molecule has 0 spiro atoms. The maximum atomic E-state index is 12.5. The molecule has 2 amide bonds. The van der Waals surface area contributed by atoms with E-state index in [9.17, 15) is 14.4 Å². The van der Waals surface area contributed by atoms with Gasteiger partial charge in [-0.05, 0) is 42.9 Å². The fraction of sp³-hybridized carbons (Fsp3) is 0.440. The predicted octanol–water partition coefficient (Wildman–Crippen LogP) is 3.66. The highest BCUT2D eigenvalue weighted by Crippen LogP contribution is 2.15. The van der Waals surface area contributed by atoms with Crippen LogP contribution in [0.2, 0.25) is 0 Å². The Balaban J connectivity index is 1.39. The smallest absolute Gasteiger partial charge is 0.253 e. The number of amides is 2. The molecule has 164 valence electrons. The number of rotatable bonds is 8. The Morgan fingerprint density at radius 1 is 0.968 bits per heavy atom. The van der Waals surface area contributed by atoms with E-state index in [0.717, 1.165) is 6.42 Å². The zero-order valence-corrected chi connectivity index (χ0v) is 18.3. The van der Waals surface area contributed by atoms with E-state index in [2.05, 4.69) is 24.1 Å². The van der Waals surface area contributed by atoms with Gasteiger partial charge in [-0.3, -0.25) is 19.4 Å². The molecule has 1 fully saturated rings. The van der Waals surface area contributed by atoms with Crippen molar-refractivity contribution >= 4 is 17.6 Å². The molecule has 0 radical (unpaired) electrons. The van der Waals surface area contributed by atoms with E-state index in [1.54, 1.807) is 24.5 Å². The standard InChI is InChI=1S/C25H31N3O3/c1-18(2)17-19-3-5-20(6-4-19)23(29)7-8-24(30)27-22-11-15-28(16-12-22)25(31)21-9-13-26-14-10-21/h3-6,9-10,13-14,18,22H,7-8,11-12,15-17H2,1-2H3,(H,27,30). The van der Waals surface area contributed by atoms with Crippen LogP contribution in [0.15, 0.2) is 48.8 Å². The molecule has 6 heteroatoms. The summed E-state index contributed by atoms with van der Waals surface area (Å²) in [6, 6.07) is 11.2. The highest BCUT2D eigenvalue weighted by Gasteiger charge is 2.24. The Kier molecular flexibility index (Phi) is 7.93. The van der Waals surface area contributed by atoms with E-state index in [4.69, 9.17) is 0 Å². The lowest BCUT2D eigenvalue weighted by molar-refractivity contribution is -0.122. The molecule has 0 atom stereocenters. The van der Waals surface area contributed by atoms with Crippen molar-refractivity contribution in [3.8, 4) is 0 Å². The first-order valence-corrected chi connectivity index (χ1v) is 11.0. The average Bonchev–Trinajstić information content (AvgIpc) is 2.78. The third-order valence-corrected chi connectivity index (χ3v) is 5.57. The summed E-state index contributed by atoms with van der Waals surface area (Å²) < 4.78 is 0. The van der Waals surface area contributed by atoms with Gasteiger partial charge in [0.05, 0.1) is 0 Å². The number of carbonyl (C=O) groups excluding carboxylic acids is 3. The van der Waals surface area contributed by atoms with E-state index in [-0.39, 0.29) is 36.5 Å². The van der Waals surface area contributed by atoms with Crippen LogP contribution in [0.25, 0.3) is 0 Å². The molecule has 3 rings (SSSR count). The number of nitrogens with one attached hydrogen (secondary N) is 1. The number of Topliss-reactive ketones (excluding diaryl/α,β-unsaturated/α-hetero) is 1. The van der Waals surface area contributed by atoms with Crippen molar-refractivity contribution in [3.63, 3.8) is 0 Å². The first-order chi connectivity index (χ1) is 14.9. The first kappa shape index (κ1) is 22.7. The molecule has 0 aliphatic carbocycles. The minimum Gasteiger partial charge on any atom is -0.353 e. The summed E-state index contributed by atoms with van der Waals surface area (Å²) in [5.74, 6) is 0.454. The number of carbonyl (C=O) groups is 3. The number of pyridine rings is 1. The molecular formula is C25H31N3O3. The third-order valence-electron chi connectivity index (χ3n) is 5.57. The molecule has 1 aliphatic heterocycles. The average molecular weight is 422 g/mol. The number of hydrogen-bond donors (Lipinski definition) is 1. The molecule has 0 bridgehead atoms. The van der Waals surface area contributed by atoms with E-state index in [0.29, 0.717) is 43.0 Å². The topological polar surface area (TPSA) is 79.4 Å². The van der Waals surface area contributed by atoms with Gasteiger partial charge in [-0.25, -0.2) is 0 Å². The Hall–Kier alpha value is -3.02. The van der Waals surface area contributed by atoms with E-state index in [1.165, 1.54) is 5.56 Å². The Morgan fingerprint density at radius 3 is 2.23 bits per heavy atom. The first-order valence-electron chi connectivity index (χ1n) is 11.0. The molecule has 0 saturated carbocycles. The number of nitrogens with zero attached hydrogens (tertiary/aromatic N) is 2. The number of aromatic nitrogens is 1. The molecule has 1 aromatic heterocycles. The quantitative estimate of drug-likeness (QED) is 0.660. The molecule has 1 aromatic carbocycles. The van der Waals surface area contributed by atoms with Gasteiger partial charge in [0.15, 0.2) is 5.78 Å². The monoisotopic (exact) mass is 421 g/mol. The predicted molar refractivity (Wildman–Crippen MR) is 120 cm³/mol. The van der Waals surface area contributed by atoms with Crippen LogP contribution in [0.1, 0.15) is 65.8 Å². The normalized spacial score (nSPS) is 14.5. The van der Waals surface area contributed by atoms with Crippen LogP contribution in [0, 0.1) is 5.92 Å². The zero-order valence-electron chi connectivity index (χ0n) is 18.3. The van der Waals surface area contributed by atoms with Gasteiger partial charge >= 0.3 is 0 Å². The van der Waals surface area contributed by atoms with Gasteiger partial charge in [0.2, 0.25) is 5.91 Å².